The highest BCUT2D eigenvalue weighted by molar-refractivity contribution is 5.70. The van der Waals surface area contributed by atoms with Gasteiger partial charge in [0.15, 0.2) is 0 Å². The molecular formula is C14H25NO2. The third kappa shape index (κ3) is 3.21. The zero-order valence-electron chi connectivity index (χ0n) is 11.1. The molecule has 0 amide bonds. The summed E-state index contributed by atoms with van der Waals surface area (Å²) in [6, 6.07) is 0.702. The summed E-state index contributed by atoms with van der Waals surface area (Å²) in [5.41, 5.74) is 0.479. The minimum atomic E-state index is -0.603. The van der Waals surface area contributed by atoms with Gasteiger partial charge in [-0.2, -0.15) is 0 Å². The summed E-state index contributed by atoms with van der Waals surface area (Å²) in [5, 5.41) is 9.00. The Morgan fingerprint density at radius 2 is 1.88 bits per heavy atom. The molecular weight excluding hydrogens is 214 g/mol. The van der Waals surface area contributed by atoms with Crippen LogP contribution in [0.2, 0.25) is 0 Å². The molecule has 0 aromatic rings. The van der Waals surface area contributed by atoms with Crippen molar-refractivity contribution in [2.24, 2.45) is 11.3 Å². The van der Waals surface area contributed by atoms with Gasteiger partial charge in [0.05, 0.1) is 5.92 Å². The lowest BCUT2D eigenvalue weighted by molar-refractivity contribution is -0.143. The summed E-state index contributed by atoms with van der Waals surface area (Å²) in [4.78, 5) is 13.5. The van der Waals surface area contributed by atoms with Crippen LogP contribution in [0, 0.1) is 11.3 Å². The van der Waals surface area contributed by atoms with Gasteiger partial charge in [-0.1, -0.05) is 20.3 Å². The molecule has 17 heavy (non-hydrogen) atoms. The fraction of sp³-hybridized carbons (Fsp3) is 0.929. The summed E-state index contributed by atoms with van der Waals surface area (Å²) in [5.74, 6) is -0.698. The van der Waals surface area contributed by atoms with Crippen molar-refractivity contribution < 1.29 is 9.90 Å². The molecule has 1 unspecified atom stereocenters. The number of carbonyl (C=O) groups is 1. The second-order valence-electron chi connectivity index (χ2n) is 6.56. The number of hydrogen-bond acceptors (Lipinski definition) is 2. The molecule has 3 heteroatoms. The van der Waals surface area contributed by atoms with Crippen molar-refractivity contribution >= 4 is 5.97 Å². The van der Waals surface area contributed by atoms with E-state index in [1.165, 1.54) is 25.7 Å². The highest BCUT2D eigenvalue weighted by Crippen LogP contribution is 2.38. The molecule has 2 aliphatic rings. The Bertz CT molecular complexity index is 280. The Hall–Kier alpha value is -0.570. The van der Waals surface area contributed by atoms with Crippen LogP contribution >= 0.6 is 0 Å². The minimum Gasteiger partial charge on any atom is -0.481 e. The van der Waals surface area contributed by atoms with Gasteiger partial charge in [-0.3, -0.25) is 4.79 Å². The van der Waals surface area contributed by atoms with Gasteiger partial charge in [0.2, 0.25) is 0 Å². The second kappa shape index (κ2) is 4.97. The third-order valence-electron chi connectivity index (χ3n) is 4.57. The van der Waals surface area contributed by atoms with Gasteiger partial charge in [-0.25, -0.2) is 0 Å². The molecule has 1 aliphatic heterocycles. The number of carboxylic acid groups (broad SMARTS) is 1. The van der Waals surface area contributed by atoms with Gasteiger partial charge in [0.25, 0.3) is 0 Å². The normalized spacial score (nSPS) is 31.3. The minimum absolute atomic E-state index is 0.0946. The van der Waals surface area contributed by atoms with Crippen LogP contribution in [0.3, 0.4) is 0 Å². The predicted octanol–water partition coefficient (Wildman–Crippen LogP) is 2.75. The Labute approximate surface area is 104 Å². The van der Waals surface area contributed by atoms with Gasteiger partial charge in [0, 0.05) is 6.04 Å². The summed E-state index contributed by atoms with van der Waals surface area (Å²) < 4.78 is 0. The van der Waals surface area contributed by atoms with Crippen LogP contribution in [0.5, 0.6) is 0 Å². The highest BCUT2D eigenvalue weighted by Gasteiger charge is 2.34. The maximum absolute atomic E-state index is 10.9. The Morgan fingerprint density at radius 3 is 2.41 bits per heavy atom. The molecule has 98 valence electrons. The molecule has 1 aliphatic carbocycles. The average Bonchev–Trinajstić information content (AvgIpc) is 2.28. The lowest BCUT2D eigenvalue weighted by Crippen LogP contribution is -2.46. The molecule has 0 spiro atoms. The van der Waals surface area contributed by atoms with E-state index in [9.17, 15) is 4.79 Å². The number of rotatable bonds is 2. The summed E-state index contributed by atoms with van der Waals surface area (Å²) in [6.07, 6.45) is 6.94. The third-order valence-corrected chi connectivity index (χ3v) is 4.57. The summed E-state index contributed by atoms with van der Waals surface area (Å²) >= 11 is 0. The standard InChI is InChI=1S/C14H25NO2/c1-14(2)7-3-4-12(10-14)15-8-5-11(6-9-15)13(16)17/h11-12H,3-10H2,1-2H3,(H,16,17). The number of aliphatic carboxylic acids is 1. The first-order valence-corrected chi connectivity index (χ1v) is 6.95. The fourth-order valence-corrected chi connectivity index (χ4v) is 3.48. The van der Waals surface area contributed by atoms with Crippen LogP contribution < -0.4 is 0 Å². The molecule has 3 nitrogen and oxygen atoms in total. The van der Waals surface area contributed by atoms with Gasteiger partial charge in [-0.15, -0.1) is 0 Å². The van der Waals surface area contributed by atoms with Crippen LogP contribution in [-0.2, 0) is 4.79 Å². The van der Waals surface area contributed by atoms with Crippen molar-refractivity contribution in [1.82, 2.24) is 4.90 Å². The van der Waals surface area contributed by atoms with Gasteiger partial charge < -0.3 is 10.0 Å². The smallest absolute Gasteiger partial charge is 0.306 e. The van der Waals surface area contributed by atoms with Gasteiger partial charge >= 0.3 is 5.97 Å². The molecule has 0 radical (unpaired) electrons. The lowest BCUT2D eigenvalue weighted by atomic mass is 9.74. The molecule has 1 saturated heterocycles. The average molecular weight is 239 g/mol. The van der Waals surface area contributed by atoms with E-state index in [2.05, 4.69) is 18.7 Å². The zero-order valence-corrected chi connectivity index (χ0v) is 11.1. The van der Waals surface area contributed by atoms with E-state index in [4.69, 9.17) is 5.11 Å². The van der Waals surface area contributed by atoms with Gasteiger partial charge in [0.1, 0.15) is 0 Å². The summed E-state index contributed by atoms with van der Waals surface area (Å²) in [6.45, 7) is 6.70. The number of piperidine rings is 1. The topological polar surface area (TPSA) is 40.5 Å². The van der Waals surface area contributed by atoms with Crippen molar-refractivity contribution in [2.75, 3.05) is 13.1 Å². The van der Waals surface area contributed by atoms with E-state index in [-0.39, 0.29) is 5.92 Å². The van der Waals surface area contributed by atoms with Crippen molar-refractivity contribution in [3.8, 4) is 0 Å². The first-order valence-electron chi connectivity index (χ1n) is 6.95. The van der Waals surface area contributed by atoms with Crippen molar-refractivity contribution in [3.63, 3.8) is 0 Å². The van der Waals surface area contributed by atoms with Crippen molar-refractivity contribution in [2.45, 2.75) is 58.4 Å². The van der Waals surface area contributed by atoms with Crippen LogP contribution in [0.25, 0.3) is 0 Å². The van der Waals surface area contributed by atoms with Crippen LogP contribution in [0.15, 0.2) is 0 Å². The molecule has 0 bridgehead atoms. The van der Waals surface area contributed by atoms with E-state index >= 15 is 0 Å². The number of likely N-dealkylation sites (tertiary alicyclic amines) is 1. The van der Waals surface area contributed by atoms with E-state index in [1.807, 2.05) is 0 Å². The summed E-state index contributed by atoms with van der Waals surface area (Å²) in [7, 11) is 0. The molecule has 1 atom stereocenters. The second-order valence-corrected chi connectivity index (χ2v) is 6.56. The first kappa shape index (κ1) is 12.9. The van der Waals surface area contributed by atoms with Crippen molar-refractivity contribution in [1.29, 1.82) is 0 Å². The molecule has 1 heterocycles. The van der Waals surface area contributed by atoms with Crippen LogP contribution in [0.4, 0.5) is 0 Å². The zero-order chi connectivity index (χ0) is 12.5. The quantitative estimate of drug-likeness (QED) is 0.805. The molecule has 1 N–H and O–H groups in total. The molecule has 0 aromatic carbocycles. The Kier molecular flexibility index (Phi) is 3.76. The maximum Gasteiger partial charge on any atom is 0.306 e. The Balaban J connectivity index is 1.86. The number of carboxylic acids is 1. The number of hydrogen-bond donors (Lipinski definition) is 1. The largest absolute Gasteiger partial charge is 0.481 e. The monoisotopic (exact) mass is 239 g/mol. The highest BCUT2D eigenvalue weighted by atomic mass is 16.4. The van der Waals surface area contributed by atoms with E-state index in [0.717, 1.165) is 25.9 Å². The number of nitrogens with zero attached hydrogens (tertiary/aromatic N) is 1. The molecule has 1 saturated carbocycles. The SMILES string of the molecule is CC1(C)CCCC(N2CCC(C(=O)O)CC2)C1. The fourth-order valence-electron chi connectivity index (χ4n) is 3.48. The van der Waals surface area contributed by atoms with Crippen LogP contribution in [0.1, 0.15) is 52.4 Å². The van der Waals surface area contributed by atoms with Gasteiger partial charge in [-0.05, 0) is 50.6 Å². The molecule has 2 rings (SSSR count). The lowest BCUT2D eigenvalue weighted by Gasteiger charge is -2.43. The molecule has 0 aromatic heterocycles. The van der Waals surface area contributed by atoms with Crippen LogP contribution in [-0.4, -0.2) is 35.1 Å². The first-order chi connectivity index (χ1) is 7.98. The maximum atomic E-state index is 10.9. The Morgan fingerprint density at radius 1 is 1.24 bits per heavy atom. The van der Waals surface area contributed by atoms with E-state index in [0.29, 0.717) is 11.5 Å². The predicted molar refractivity (Wildman–Crippen MR) is 68.0 cm³/mol. The molecule has 2 fully saturated rings. The van der Waals surface area contributed by atoms with Crippen molar-refractivity contribution in [3.05, 3.63) is 0 Å². The van der Waals surface area contributed by atoms with E-state index < -0.39 is 5.97 Å². The van der Waals surface area contributed by atoms with E-state index in [1.54, 1.807) is 0 Å².